The lowest BCUT2D eigenvalue weighted by molar-refractivity contribution is 0.0999. The second-order valence-corrected chi connectivity index (χ2v) is 4.90. The maximum absolute atomic E-state index is 13.0. The van der Waals surface area contributed by atoms with Crippen molar-refractivity contribution in [2.45, 2.75) is 0 Å². The number of carbonyl (C=O) groups excluding carboxylic acids is 1. The average molecular weight is 288 g/mol. The van der Waals surface area contributed by atoms with Gasteiger partial charge in [0.15, 0.2) is 11.6 Å². The normalized spacial score (nSPS) is 12.9. The molecule has 0 unspecified atom stereocenters. The summed E-state index contributed by atoms with van der Waals surface area (Å²) >= 11 is 0. The third-order valence-electron chi connectivity index (χ3n) is 3.52. The predicted octanol–water partition coefficient (Wildman–Crippen LogP) is 4.17. The van der Waals surface area contributed by atoms with Crippen molar-refractivity contribution in [1.29, 1.82) is 0 Å². The number of hydrogen-bond donors (Lipinski definition) is 0. The van der Waals surface area contributed by atoms with Gasteiger partial charge in [-0.15, -0.1) is 0 Å². The van der Waals surface area contributed by atoms with Gasteiger partial charge in [-0.3, -0.25) is 9.69 Å². The summed E-state index contributed by atoms with van der Waals surface area (Å²) in [4.78, 5) is 18.9. The van der Waals surface area contributed by atoms with E-state index in [1.807, 2.05) is 48.5 Å². The molecule has 4 nitrogen and oxygen atoms in total. The lowest BCUT2D eigenvalue weighted by Gasteiger charge is -2.20. The smallest absolute Gasteiger partial charge is 0.267 e. The summed E-state index contributed by atoms with van der Waals surface area (Å²) in [6.45, 7) is 0. The Bertz CT molecular complexity index is 846. The summed E-state index contributed by atoms with van der Waals surface area (Å²) in [5.41, 5.74) is 1.28. The quantitative estimate of drug-likeness (QED) is 0.675. The van der Waals surface area contributed by atoms with Crippen LogP contribution in [0.5, 0.6) is 11.5 Å². The Morgan fingerprint density at radius 3 is 2.41 bits per heavy atom. The van der Waals surface area contributed by atoms with Crippen LogP contribution in [-0.4, -0.2) is 10.9 Å². The maximum atomic E-state index is 13.0. The average Bonchev–Trinajstić information content (AvgIpc) is 2.70. The molecule has 0 N–H and O–H groups in total. The standard InChI is InChI=1S/C18H12N2O2/c21-18-14-9-4-5-10-15(14)22-16-11-6-12-19-17(16)20(18)13-7-2-1-3-8-13/h1-12H. The number of ether oxygens (including phenoxy) is 1. The molecule has 0 aliphatic carbocycles. The first-order valence-corrected chi connectivity index (χ1v) is 6.96. The van der Waals surface area contributed by atoms with Crippen molar-refractivity contribution in [3.05, 3.63) is 78.5 Å². The number of nitrogens with zero attached hydrogens (tertiary/aromatic N) is 2. The summed E-state index contributed by atoms with van der Waals surface area (Å²) in [6, 6.07) is 20.3. The van der Waals surface area contributed by atoms with E-state index in [0.29, 0.717) is 22.9 Å². The molecule has 0 saturated carbocycles. The molecule has 1 aliphatic heterocycles. The fourth-order valence-corrected chi connectivity index (χ4v) is 2.51. The molecule has 4 rings (SSSR count). The molecule has 0 radical (unpaired) electrons. The van der Waals surface area contributed by atoms with E-state index in [1.54, 1.807) is 29.3 Å². The summed E-state index contributed by atoms with van der Waals surface area (Å²) in [5, 5.41) is 0. The van der Waals surface area contributed by atoms with Gasteiger partial charge in [-0.25, -0.2) is 4.98 Å². The Balaban J connectivity index is 1.98. The highest BCUT2D eigenvalue weighted by molar-refractivity contribution is 6.13. The first-order chi connectivity index (χ1) is 10.8. The Morgan fingerprint density at radius 2 is 1.55 bits per heavy atom. The van der Waals surface area contributed by atoms with Crippen molar-refractivity contribution in [3.8, 4) is 11.5 Å². The molecule has 3 aromatic rings. The number of benzene rings is 2. The van der Waals surface area contributed by atoms with E-state index < -0.39 is 0 Å². The van der Waals surface area contributed by atoms with Gasteiger partial charge in [0.1, 0.15) is 5.75 Å². The van der Waals surface area contributed by atoms with Crippen molar-refractivity contribution >= 4 is 17.4 Å². The van der Waals surface area contributed by atoms with Gasteiger partial charge < -0.3 is 4.74 Å². The number of fused-ring (bicyclic) bond motifs is 2. The van der Waals surface area contributed by atoms with Crippen molar-refractivity contribution < 1.29 is 9.53 Å². The molecule has 1 amide bonds. The van der Waals surface area contributed by atoms with Gasteiger partial charge >= 0.3 is 0 Å². The first kappa shape index (κ1) is 12.6. The highest BCUT2D eigenvalue weighted by Crippen LogP contribution is 2.40. The molecule has 4 heteroatoms. The van der Waals surface area contributed by atoms with Gasteiger partial charge in [0.2, 0.25) is 0 Å². The van der Waals surface area contributed by atoms with Crippen LogP contribution in [0.4, 0.5) is 11.5 Å². The molecule has 2 aromatic carbocycles. The highest BCUT2D eigenvalue weighted by atomic mass is 16.5. The second kappa shape index (κ2) is 5.00. The minimum absolute atomic E-state index is 0.153. The van der Waals surface area contributed by atoms with Crippen LogP contribution in [0.3, 0.4) is 0 Å². The van der Waals surface area contributed by atoms with Crippen molar-refractivity contribution in [2.24, 2.45) is 0 Å². The van der Waals surface area contributed by atoms with E-state index in [4.69, 9.17) is 4.74 Å². The van der Waals surface area contributed by atoms with Crippen LogP contribution in [0.1, 0.15) is 10.4 Å². The maximum Gasteiger partial charge on any atom is 0.267 e. The summed E-state index contributed by atoms with van der Waals surface area (Å²) in [6.07, 6.45) is 1.65. The molecule has 1 aromatic heterocycles. The van der Waals surface area contributed by atoms with Crippen LogP contribution in [0, 0.1) is 0 Å². The number of aromatic nitrogens is 1. The van der Waals surface area contributed by atoms with E-state index in [9.17, 15) is 4.79 Å². The highest BCUT2D eigenvalue weighted by Gasteiger charge is 2.29. The number of amides is 1. The molecule has 0 bridgehead atoms. The topological polar surface area (TPSA) is 42.4 Å². The Morgan fingerprint density at radius 1 is 0.818 bits per heavy atom. The summed E-state index contributed by atoms with van der Waals surface area (Å²) in [7, 11) is 0. The van der Waals surface area contributed by atoms with E-state index in [-0.39, 0.29) is 5.91 Å². The largest absolute Gasteiger partial charge is 0.453 e. The van der Waals surface area contributed by atoms with Crippen LogP contribution in [-0.2, 0) is 0 Å². The van der Waals surface area contributed by atoms with E-state index in [1.165, 1.54) is 0 Å². The molecular weight excluding hydrogens is 276 g/mol. The van der Waals surface area contributed by atoms with Gasteiger partial charge in [-0.1, -0.05) is 30.3 Å². The Labute approximate surface area is 127 Å². The van der Waals surface area contributed by atoms with Gasteiger partial charge in [0, 0.05) is 6.20 Å². The molecule has 0 atom stereocenters. The summed E-state index contributed by atoms with van der Waals surface area (Å²) in [5.74, 6) is 1.44. The number of rotatable bonds is 1. The van der Waals surface area contributed by atoms with E-state index in [0.717, 1.165) is 5.69 Å². The minimum Gasteiger partial charge on any atom is -0.453 e. The zero-order valence-electron chi connectivity index (χ0n) is 11.6. The number of anilines is 2. The zero-order valence-corrected chi connectivity index (χ0v) is 11.6. The molecule has 0 spiro atoms. The van der Waals surface area contributed by atoms with Crippen molar-refractivity contribution in [1.82, 2.24) is 4.98 Å². The van der Waals surface area contributed by atoms with Crippen LogP contribution in [0.15, 0.2) is 72.9 Å². The van der Waals surface area contributed by atoms with E-state index >= 15 is 0 Å². The number of pyridine rings is 1. The van der Waals surface area contributed by atoms with Crippen LogP contribution < -0.4 is 9.64 Å². The SMILES string of the molecule is O=C1c2ccccc2Oc2cccnc2N1c1ccccc1. The minimum atomic E-state index is -0.153. The van der Waals surface area contributed by atoms with E-state index in [2.05, 4.69) is 4.98 Å². The Hall–Kier alpha value is -3.14. The number of hydrogen-bond acceptors (Lipinski definition) is 3. The molecule has 2 heterocycles. The molecule has 1 aliphatic rings. The van der Waals surface area contributed by atoms with Crippen LogP contribution in [0.2, 0.25) is 0 Å². The van der Waals surface area contributed by atoms with Crippen LogP contribution in [0.25, 0.3) is 0 Å². The monoisotopic (exact) mass is 288 g/mol. The predicted molar refractivity (Wildman–Crippen MR) is 83.7 cm³/mol. The zero-order chi connectivity index (χ0) is 14.9. The first-order valence-electron chi connectivity index (χ1n) is 6.96. The Kier molecular flexibility index (Phi) is 2.86. The van der Waals surface area contributed by atoms with Gasteiger partial charge in [0.05, 0.1) is 11.3 Å². The second-order valence-electron chi connectivity index (χ2n) is 4.90. The van der Waals surface area contributed by atoms with Crippen molar-refractivity contribution in [3.63, 3.8) is 0 Å². The molecule has 106 valence electrons. The molecule has 0 fully saturated rings. The number of carbonyl (C=O) groups is 1. The van der Waals surface area contributed by atoms with Crippen LogP contribution >= 0.6 is 0 Å². The molecule has 0 saturated heterocycles. The lowest BCUT2D eigenvalue weighted by atomic mass is 10.1. The molecular formula is C18H12N2O2. The van der Waals surface area contributed by atoms with Crippen molar-refractivity contribution in [2.75, 3.05) is 4.90 Å². The third kappa shape index (κ3) is 1.93. The van der Waals surface area contributed by atoms with Gasteiger partial charge in [-0.2, -0.15) is 0 Å². The number of para-hydroxylation sites is 2. The van der Waals surface area contributed by atoms with Gasteiger partial charge in [0.25, 0.3) is 5.91 Å². The third-order valence-corrected chi connectivity index (χ3v) is 3.52. The van der Waals surface area contributed by atoms with Gasteiger partial charge in [-0.05, 0) is 36.4 Å². The summed E-state index contributed by atoms with van der Waals surface area (Å²) < 4.78 is 5.90. The lowest BCUT2D eigenvalue weighted by Crippen LogP contribution is -2.25. The molecule has 22 heavy (non-hydrogen) atoms. The fraction of sp³-hybridized carbons (Fsp3) is 0. The fourth-order valence-electron chi connectivity index (χ4n) is 2.51.